The molecule has 2 unspecified atom stereocenters. The first-order valence-corrected chi connectivity index (χ1v) is 7.81. The zero-order valence-corrected chi connectivity index (χ0v) is 13.0. The van der Waals surface area contributed by atoms with Gasteiger partial charge in [-0.15, -0.1) is 0 Å². The van der Waals surface area contributed by atoms with Crippen molar-refractivity contribution in [3.05, 3.63) is 0 Å². The third-order valence-corrected chi connectivity index (χ3v) is 4.70. The predicted molar refractivity (Wildman–Crippen MR) is 79.4 cm³/mol. The van der Waals surface area contributed by atoms with E-state index in [1.165, 1.54) is 12.8 Å². The summed E-state index contributed by atoms with van der Waals surface area (Å²) in [7, 11) is 1.73. The van der Waals surface area contributed by atoms with Gasteiger partial charge in [-0.2, -0.15) is 0 Å². The number of hydrogen-bond acceptors (Lipinski definition) is 4. The van der Waals surface area contributed by atoms with Crippen LogP contribution in [-0.2, 0) is 9.53 Å². The zero-order chi connectivity index (χ0) is 14.8. The third-order valence-electron chi connectivity index (χ3n) is 4.70. The lowest BCUT2D eigenvalue weighted by molar-refractivity contribution is -0.124. The number of nitrogens with one attached hydrogen (secondary N) is 1. The second-order valence-corrected chi connectivity index (χ2v) is 6.59. The normalized spacial score (nSPS) is 30.4. The first kappa shape index (κ1) is 15.7. The average Bonchev–Trinajstić information content (AvgIpc) is 3.08. The minimum absolute atomic E-state index is 0.178. The van der Waals surface area contributed by atoms with Crippen LogP contribution in [0.4, 0.5) is 0 Å². The van der Waals surface area contributed by atoms with Crippen LogP contribution in [0.2, 0.25) is 0 Å². The molecule has 2 atom stereocenters. The maximum atomic E-state index is 12.0. The molecule has 1 amide bonds. The molecule has 0 aliphatic heterocycles. The number of hydrogen-bond donors (Lipinski definition) is 2. The Hall–Kier alpha value is -0.650. The lowest BCUT2D eigenvalue weighted by atomic mass is 9.95. The lowest BCUT2D eigenvalue weighted by Gasteiger charge is -2.34. The number of nitrogens with two attached hydrogens (primary N) is 1. The van der Waals surface area contributed by atoms with Crippen LogP contribution in [0.5, 0.6) is 0 Å². The summed E-state index contributed by atoms with van der Waals surface area (Å²) in [5, 5.41) is 3.51. The number of carbonyl (C=O) groups is 1. The highest BCUT2D eigenvalue weighted by molar-refractivity contribution is 5.85. The van der Waals surface area contributed by atoms with Crippen LogP contribution >= 0.6 is 0 Å². The van der Waals surface area contributed by atoms with Crippen molar-refractivity contribution in [1.82, 2.24) is 10.2 Å². The Balaban J connectivity index is 2.01. The van der Waals surface area contributed by atoms with Gasteiger partial charge in [0, 0.05) is 31.8 Å². The van der Waals surface area contributed by atoms with Crippen LogP contribution in [0, 0.1) is 0 Å². The van der Waals surface area contributed by atoms with E-state index >= 15 is 0 Å². The van der Waals surface area contributed by atoms with E-state index in [9.17, 15) is 4.79 Å². The molecule has 2 aliphatic rings. The summed E-state index contributed by atoms with van der Waals surface area (Å²) in [6.45, 7) is 6.05. The van der Waals surface area contributed by atoms with E-state index in [4.69, 9.17) is 10.5 Å². The van der Waals surface area contributed by atoms with E-state index in [0.717, 1.165) is 32.4 Å². The second-order valence-electron chi connectivity index (χ2n) is 6.59. The largest absolute Gasteiger partial charge is 0.383 e. The van der Waals surface area contributed by atoms with E-state index in [2.05, 4.69) is 24.1 Å². The van der Waals surface area contributed by atoms with Crippen molar-refractivity contribution in [1.29, 1.82) is 0 Å². The van der Waals surface area contributed by atoms with Gasteiger partial charge < -0.3 is 15.8 Å². The van der Waals surface area contributed by atoms with Crippen molar-refractivity contribution in [3.8, 4) is 0 Å². The fourth-order valence-electron chi connectivity index (χ4n) is 3.41. The number of primary amides is 1. The molecule has 5 heteroatoms. The van der Waals surface area contributed by atoms with Gasteiger partial charge in [0.2, 0.25) is 5.91 Å². The quantitative estimate of drug-likeness (QED) is 0.694. The maximum absolute atomic E-state index is 12.0. The van der Waals surface area contributed by atoms with Crippen LogP contribution in [0.3, 0.4) is 0 Å². The Kier molecular flexibility index (Phi) is 5.04. The summed E-state index contributed by atoms with van der Waals surface area (Å²) in [4.78, 5) is 14.4. The van der Waals surface area contributed by atoms with Gasteiger partial charge in [-0.1, -0.05) is 0 Å². The lowest BCUT2D eigenvalue weighted by Crippen LogP contribution is -2.55. The molecule has 2 rings (SSSR count). The Morgan fingerprint density at radius 1 is 1.45 bits per heavy atom. The van der Waals surface area contributed by atoms with Crippen LogP contribution in [0.25, 0.3) is 0 Å². The fraction of sp³-hybridized carbons (Fsp3) is 0.933. The van der Waals surface area contributed by atoms with E-state index in [1.54, 1.807) is 7.11 Å². The van der Waals surface area contributed by atoms with E-state index in [1.807, 2.05) is 0 Å². The van der Waals surface area contributed by atoms with Crippen LogP contribution in [-0.4, -0.2) is 54.7 Å². The maximum Gasteiger partial charge on any atom is 0.237 e. The number of methoxy groups -OCH3 is 1. The van der Waals surface area contributed by atoms with Crippen molar-refractivity contribution in [2.24, 2.45) is 5.73 Å². The average molecular weight is 283 g/mol. The molecule has 3 N–H and O–H groups in total. The molecule has 5 nitrogen and oxygen atoms in total. The highest BCUT2D eigenvalue weighted by Crippen LogP contribution is 2.36. The van der Waals surface area contributed by atoms with Crippen molar-refractivity contribution in [3.63, 3.8) is 0 Å². The molecule has 0 heterocycles. The summed E-state index contributed by atoms with van der Waals surface area (Å²) in [6.07, 6.45) is 5.08. The Labute approximate surface area is 122 Å². The molecule has 0 aromatic carbocycles. The van der Waals surface area contributed by atoms with Crippen LogP contribution < -0.4 is 11.1 Å². The number of rotatable bonds is 8. The highest BCUT2D eigenvalue weighted by atomic mass is 16.5. The second kappa shape index (κ2) is 6.41. The molecule has 20 heavy (non-hydrogen) atoms. The summed E-state index contributed by atoms with van der Waals surface area (Å²) >= 11 is 0. The molecular weight excluding hydrogens is 254 g/mol. The molecule has 2 aliphatic carbocycles. The summed E-state index contributed by atoms with van der Waals surface area (Å²) in [5.74, 6) is -0.178. The molecule has 0 spiro atoms. The van der Waals surface area contributed by atoms with Crippen molar-refractivity contribution in [2.75, 3.05) is 20.3 Å². The Bertz CT molecular complexity index is 344. The molecular formula is C15H29N3O2. The van der Waals surface area contributed by atoms with Gasteiger partial charge in [-0.3, -0.25) is 9.69 Å². The number of nitrogens with zero attached hydrogens (tertiary/aromatic N) is 1. The van der Waals surface area contributed by atoms with Crippen LogP contribution in [0.15, 0.2) is 0 Å². The highest BCUT2D eigenvalue weighted by Gasteiger charge is 2.48. The van der Waals surface area contributed by atoms with E-state index in [0.29, 0.717) is 18.1 Å². The van der Waals surface area contributed by atoms with Gasteiger partial charge in [0.25, 0.3) is 0 Å². The van der Waals surface area contributed by atoms with Gasteiger partial charge in [-0.05, 0) is 46.0 Å². The monoisotopic (exact) mass is 283 g/mol. The Morgan fingerprint density at radius 2 is 2.15 bits per heavy atom. The van der Waals surface area contributed by atoms with Crippen molar-refractivity contribution in [2.45, 2.75) is 69.6 Å². The molecule has 0 saturated heterocycles. The summed E-state index contributed by atoms with van der Waals surface area (Å²) in [5.41, 5.74) is 5.22. The summed E-state index contributed by atoms with van der Waals surface area (Å²) < 4.78 is 5.21. The molecule has 0 aromatic heterocycles. The summed E-state index contributed by atoms with van der Waals surface area (Å²) in [6, 6.07) is 1.39. The minimum atomic E-state index is -0.480. The molecule has 116 valence electrons. The molecule has 0 bridgehead atoms. The van der Waals surface area contributed by atoms with Gasteiger partial charge in [-0.25, -0.2) is 0 Å². The van der Waals surface area contributed by atoms with E-state index < -0.39 is 5.54 Å². The first-order chi connectivity index (χ1) is 9.48. The number of carbonyl (C=O) groups excluding carboxylic acids is 1. The predicted octanol–water partition coefficient (Wildman–Crippen LogP) is 0.872. The molecule has 2 fully saturated rings. The topological polar surface area (TPSA) is 67.6 Å². The van der Waals surface area contributed by atoms with Gasteiger partial charge in [0.05, 0.1) is 12.1 Å². The molecule has 2 saturated carbocycles. The van der Waals surface area contributed by atoms with Crippen molar-refractivity contribution >= 4 is 5.91 Å². The molecule has 0 aromatic rings. The zero-order valence-electron chi connectivity index (χ0n) is 13.0. The minimum Gasteiger partial charge on any atom is -0.383 e. The fourth-order valence-corrected chi connectivity index (χ4v) is 3.41. The Morgan fingerprint density at radius 3 is 2.65 bits per heavy atom. The van der Waals surface area contributed by atoms with Gasteiger partial charge >= 0.3 is 0 Å². The third kappa shape index (κ3) is 3.51. The standard InChI is InChI=1S/C15H29N3O2/c1-11(2)18(8-9-20-3)13-6-7-15(10-13,14(16)19)17-12-4-5-12/h11-13,17H,4-10H2,1-3H3,(H2,16,19). The SMILES string of the molecule is COCCN(C(C)C)C1CCC(NC2CC2)(C(N)=O)C1. The number of amides is 1. The van der Waals surface area contributed by atoms with Crippen molar-refractivity contribution < 1.29 is 9.53 Å². The van der Waals surface area contributed by atoms with Gasteiger partial charge in [0.1, 0.15) is 0 Å². The van der Waals surface area contributed by atoms with Gasteiger partial charge in [0.15, 0.2) is 0 Å². The van der Waals surface area contributed by atoms with E-state index in [-0.39, 0.29) is 5.91 Å². The number of ether oxygens (including phenoxy) is 1. The van der Waals surface area contributed by atoms with Crippen LogP contribution in [0.1, 0.15) is 46.0 Å². The molecule has 0 radical (unpaired) electrons. The first-order valence-electron chi connectivity index (χ1n) is 7.81. The smallest absolute Gasteiger partial charge is 0.237 e.